The first-order valence-corrected chi connectivity index (χ1v) is 8.18. The monoisotopic (exact) mass is 354 g/mol. The lowest BCUT2D eigenvalue weighted by Gasteiger charge is -2.02. The van der Waals surface area contributed by atoms with Crippen molar-refractivity contribution in [3.63, 3.8) is 0 Å². The summed E-state index contributed by atoms with van der Waals surface area (Å²) in [5, 5.41) is 14.1. The Balaban J connectivity index is 1.73. The molecule has 2 heterocycles. The Kier molecular flexibility index (Phi) is 4.42. The molecule has 22 heavy (non-hydrogen) atoms. The molecule has 8 heteroatoms. The van der Waals surface area contributed by atoms with Crippen LogP contribution in [0.4, 0.5) is 0 Å². The highest BCUT2D eigenvalue weighted by molar-refractivity contribution is 7.98. The van der Waals surface area contributed by atoms with E-state index in [2.05, 4.69) is 15.3 Å². The second-order valence-electron chi connectivity index (χ2n) is 4.70. The molecule has 2 aromatic heterocycles. The minimum Gasteiger partial charge on any atom is -0.411 e. The Labute approximate surface area is 141 Å². The number of benzene rings is 1. The van der Waals surface area contributed by atoms with Crippen LogP contribution in [0.25, 0.3) is 11.5 Å². The Morgan fingerprint density at radius 2 is 2.09 bits per heavy atom. The minimum absolute atomic E-state index is 0.468. The van der Waals surface area contributed by atoms with E-state index in [4.69, 9.17) is 27.6 Å². The van der Waals surface area contributed by atoms with Gasteiger partial charge >= 0.3 is 0 Å². The molecule has 114 valence electrons. The van der Waals surface area contributed by atoms with Crippen molar-refractivity contribution in [3.05, 3.63) is 45.7 Å². The van der Waals surface area contributed by atoms with Gasteiger partial charge in [-0.2, -0.15) is 5.10 Å². The van der Waals surface area contributed by atoms with Crippen molar-refractivity contribution in [3.8, 4) is 11.5 Å². The fraction of sp³-hybridized carbons (Fsp3) is 0.214. The molecule has 0 atom stereocenters. The molecule has 0 radical (unpaired) electrons. The van der Waals surface area contributed by atoms with Gasteiger partial charge in [0.25, 0.3) is 11.1 Å². The van der Waals surface area contributed by atoms with Crippen LogP contribution in [0.3, 0.4) is 0 Å². The van der Waals surface area contributed by atoms with Crippen molar-refractivity contribution >= 4 is 35.0 Å². The van der Waals surface area contributed by atoms with Crippen molar-refractivity contribution < 1.29 is 4.42 Å². The molecule has 0 saturated carbocycles. The molecule has 0 aliphatic carbocycles. The van der Waals surface area contributed by atoms with E-state index in [0.717, 1.165) is 16.8 Å². The topological polar surface area (TPSA) is 56.7 Å². The smallest absolute Gasteiger partial charge is 0.277 e. The lowest BCUT2D eigenvalue weighted by Crippen LogP contribution is -1.86. The van der Waals surface area contributed by atoms with Crippen LogP contribution in [0.2, 0.25) is 10.0 Å². The summed E-state index contributed by atoms with van der Waals surface area (Å²) in [5.74, 6) is 1.10. The summed E-state index contributed by atoms with van der Waals surface area (Å²) >= 11 is 13.5. The highest BCUT2D eigenvalue weighted by Crippen LogP contribution is 2.30. The summed E-state index contributed by atoms with van der Waals surface area (Å²) < 4.78 is 7.38. The minimum atomic E-state index is 0.468. The van der Waals surface area contributed by atoms with Gasteiger partial charge in [-0.1, -0.05) is 41.0 Å². The highest BCUT2D eigenvalue weighted by atomic mass is 35.5. The van der Waals surface area contributed by atoms with Crippen LogP contribution >= 0.6 is 35.0 Å². The quantitative estimate of drug-likeness (QED) is 0.650. The molecule has 3 aromatic rings. The molecular formula is C14H12Cl2N4OS. The van der Waals surface area contributed by atoms with Gasteiger partial charge in [-0.25, -0.2) is 0 Å². The maximum absolute atomic E-state index is 6.14. The lowest BCUT2D eigenvalue weighted by atomic mass is 10.2. The maximum Gasteiger partial charge on any atom is 0.277 e. The van der Waals surface area contributed by atoms with Crippen LogP contribution in [-0.4, -0.2) is 20.0 Å². The zero-order valence-electron chi connectivity index (χ0n) is 11.9. The Morgan fingerprint density at radius 3 is 2.77 bits per heavy atom. The second-order valence-corrected chi connectivity index (χ2v) is 6.47. The van der Waals surface area contributed by atoms with E-state index < -0.39 is 0 Å². The molecule has 1 aromatic carbocycles. The third-order valence-corrected chi connectivity index (χ3v) is 4.47. The van der Waals surface area contributed by atoms with Crippen molar-refractivity contribution in [1.82, 2.24) is 20.0 Å². The number of hydrogen-bond acceptors (Lipinski definition) is 5. The van der Waals surface area contributed by atoms with Crippen LogP contribution in [0, 0.1) is 6.92 Å². The van der Waals surface area contributed by atoms with Crippen LogP contribution in [0.5, 0.6) is 0 Å². The molecule has 0 aliphatic heterocycles. The second kappa shape index (κ2) is 6.32. The van der Waals surface area contributed by atoms with Crippen molar-refractivity contribution in [2.45, 2.75) is 17.9 Å². The summed E-state index contributed by atoms with van der Waals surface area (Å²) in [7, 11) is 1.85. The first kappa shape index (κ1) is 15.4. The molecule has 5 nitrogen and oxygen atoms in total. The molecule has 0 spiro atoms. The summed E-state index contributed by atoms with van der Waals surface area (Å²) in [6.07, 6.45) is 1.85. The van der Waals surface area contributed by atoms with Gasteiger partial charge in [-0.05, 0) is 24.6 Å². The Morgan fingerprint density at radius 1 is 1.27 bits per heavy atom. The molecular weight excluding hydrogens is 343 g/mol. The number of thioether (sulfide) groups is 1. The largest absolute Gasteiger partial charge is 0.411 e. The van der Waals surface area contributed by atoms with E-state index in [0.29, 0.717) is 26.9 Å². The number of aromatic nitrogens is 4. The van der Waals surface area contributed by atoms with E-state index in [1.807, 2.05) is 32.3 Å². The molecule has 0 saturated heterocycles. The summed E-state index contributed by atoms with van der Waals surface area (Å²) in [5.41, 5.74) is 2.66. The third kappa shape index (κ3) is 3.29. The molecule has 0 amide bonds. The predicted molar refractivity (Wildman–Crippen MR) is 87.3 cm³/mol. The average Bonchev–Trinajstić information content (AvgIpc) is 3.04. The van der Waals surface area contributed by atoms with Crippen LogP contribution in [0.15, 0.2) is 34.0 Å². The molecule has 0 fully saturated rings. The first-order valence-electron chi connectivity index (χ1n) is 6.44. The maximum atomic E-state index is 6.14. The van der Waals surface area contributed by atoms with Gasteiger partial charge in [-0.15, -0.1) is 10.2 Å². The van der Waals surface area contributed by atoms with Gasteiger partial charge in [0.1, 0.15) is 0 Å². The normalized spacial score (nSPS) is 11.1. The van der Waals surface area contributed by atoms with Crippen molar-refractivity contribution in [2.24, 2.45) is 7.05 Å². The Hall–Kier alpha value is -1.50. The zero-order chi connectivity index (χ0) is 15.7. The zero-order valence-corrected chi connectivity index (χ0v) is 14.2. The van der Waals surface area contributed by atoms with Crippen molar-refractivity contribution in [2.75, 3.05) is 0 Å². The van der Waals surface area contributed by atoms with Gasteiger partial charge < -0.3 is 4.42 Å². The molecule has 0 unspecified atom stereocenters. The summed E-state index contributed by atoms with van der Waals surface area (Å²) in [6.45, 7) is 1.90. The van der Waals surface area contributed by atoms with Gasteiger partial charge in [0.15, 0.2) is 0 Å². The molecule has 0 N–H and O–H groups in total. The first-order chi connectivity index (χ1) is 10.5. The standard InChI is InChI=1S/C14H12Cl2N4OS/c1-8-11(6-20(2)19-8)13-17-18-14(21-13)22-7-9-3-4-10(15)5-12(9)16/h3-6H,7H2,1-2H3. The van der Waals surface area contributed by atoms with Crippen LogP contribution in [-0.2, 0) is 12.8 Å². The van der Waals surface area contributed by atoms with E-state index in [1.54, 1.807) is 10.7 Å². The lowest BCUT2D eigenvalue weighted by molar-refractivity contribution is 0.465. The van der Waals surface area contributed by atoms with Crippen LogP contribution < -0.4 is 0 Å². The van der Waals surface area contributed by atoms with Crippen molar-refractivity contribution in [1.29, 1.82) is 0 Å². The van der Waals surface area contributed by atoms with Gasteiger partial charge in [0, 0.05) is 29.0 Å². The number of rotatable bonds is 4. The fourth-order valence-electron chi connectivity index (χ4n) is 1.96. The van der Waals surface area contributed by atoms with E-state index in [9.17, 15) is 0 Å². The average molecular weight is 355 g/mol. The number of hydrogen-bond donors (Lipinski definition) is 0. The van der Waals surface area contributed by atoms with E-state index in [-0.39, 0.29) is 0 Å². The summed E-state index contributed by atoms with van der Waals surface area (Å²) in [4.78, 5) is 0. The van der Waals surface area contributed by atoms with Gasteiger partial charge in [-0.3, -0.25) is 4.68 Å². The van der Waals surface area contributed by atoms with Gasteiger partial charge in [0.2, 0.25) is 0 Å². The molecule has 0 bridgehead atoms. The predicted octanol–water partition coefficient (Wildman–Crippen LogP) is 4.38. The molecule has 3 rings (SSSR count). The summed E-state index contributed by atoms with van der Waals surface area (Å²) in [6, 6.07) is 5.42. The van der Waals surface area contributed by atoms with Crippen LogP contribution in [0.1, 0.15) is 11.3 Å². The number of nitrogens with zero attached hydrogens (tertiary/aromatic N) is 4. The SMILES string of the molecule is Cc1nn(C)cc1-c1nnc(SCc2ccc(Cl)cc2Cl)o1. The highest BCUT2D eigenvalue weighted by Gasteiger charge is 2.14. The van der Waals surface area contributed by atoms with Gasteiger partial charge in [0.05, 0.1) is 11.3 Å². The number of halogens is 2. The van der Waals surface area contributed by atoms with E-state index >= 15 is 0 Å². The fourth-order valence-corrected chi connectivity index (χ4v) is 3.29. The Bertz CT molecular complexity index is 815. The third-order valence-electron chi connectivity index (χ3n) is 3.02. The molecule has 0 aliphatic rings. The number of aryl methyl sites for hydroxylation is 2. The van der Waals surface area contributed by atoms with E-state index in [1.165, 1.54) is 11.8 Å².